The van der Waals surface area contributed by atoms with E-state index in [0.29, 0.717) is 0 Å². The summed E-state index contributed by atoms with van der Waals surface area (Å²) in [4.78, 5) is 13.0. The second-order valence-electron chi connectivity index (χ2n) is 2.71. The van der Waals surface area contributed by atoms with Gasteiger partial charge in [-0.1, -0.05) is 0 Å². The first-order chi connectivity index (χ1) is 5.34. The topological polar surface area (TPSA) is 32.3 Å². The first kappa shape index (κ1) is 8.37. The van der Waals surface area contributed by atoms with Crippen molar-refractivity contribution in [3.63, 3.8) is 0 Å². The Bertz CT molecular complexity index is 130. The van der Waals surface area contributed by atoms with Crippen LogP contribution in [0.25, 0.3) is 0 Å². The molecule has 2 amide bonds. The molecule has 0 spiro atoms. The summed E-state index contributed by atoms with van der Waals surface area (Å²) in [6.07, 6.45) is 4.41. The first-order valence-electron chi connectivity index (χ1n) is 4.19. The minimum Gasteiger partial charge on any atom is -0.338 e. The van der Waals surface area contributed by atoms with Crippen LogP contribution in [0.2, 0.25) is 0 Å². The van der Waals surface area contributed by atoms with Gasteiger partial charge < -0.3 is 10.2 Å². The third-order valence-corrected chi connectivity index (χ3v) is 1.80. The molecule has 63 valence electrons. The summed E-state index contributed by atoms with van der Waals surface area (Å²) in [7, 11) is 0. The van der Waals surface area contributed by atoms with E-state index >= 15 is 0 Å². The van der Waals surface area contributed by atoms with Crippen molar-refractivity contribution in [1.82, 2.24) is 10.2 Å². The van der Waals surface area contributed by atoms with E-state index in [2.05, 4.69) is 11.7 Å². The maximum atomic E-state index is 11.2. The van der Waals surface area contributed by atoms with Gasteiger partial charge in [-0.15, -0.1) is 0 Å². The molecular weight excluding hydrogens is 140 g/mol. The van der Waals surface area contributed by atoms with Crippen molar-refractivity contribution in [1.29, 1.82) is 0 Å². The lowest BCUT2D eigenvalue weighted by Crippen LogP contribution is -2.42. The molecular formula is C8H15N2O. The molecule has 1 aliphatic heterocycles. The van der Waals surface area contributed by atoms with Gasteiger partial charge in [0.25, 0.3) is 0 Å². The van der Waals surface area contributed by atoms with E-state index in [-0.39, 0.29) is 6.03 Å². The van der Waals surface area contributed by atoms with Crippen LogP contribution in [-0.4, -0.2) is 30.6 Å². The fourth-order valence-corrected chi connectivity index (χ4v) is 1.21. The highest BCUT2D eigenvalue weighted by molar-refractivity contribution is 5.74. The zero-order valence-corrected chi connectivity index (χ0v) is 6.97. The number of amides is 2. The summed E-state index contributed by atoms with van der Waals surface area (Å²) in [5.41, 5.74) is 0. The number of rotatable bonds is 1. The highest BCUT2D eigenvalue weighted by Crippen LogP contribution is 2.06. The van der Waals surface area contributed by atoms with Gasteiger partial charge in [0, 0.05) is 19.6 Å². The molecule has 1 heterocycles. The largest absolute Gasteiger partial charge is 0.338 e. The summed E-state index contributed by atoms with van der Waals surface area (Å²) in [6, 6.07) is 0.0726. The maximum absolute atomic E-state index is 11.2. The van der Waals surface area contributed by atoms with Gasteiger partial charge in [0.1, 0.15) is 0 Å². The van der Waals surface area contributed by atoms with Gasteiger partial charge in [-0.25, -0.2) is 4.79 Å². The van der Waals surface area contributed by atoms with Gasteiger partial charge in [0.2, 0.25) is 0 Å². The van der Waals surface area contributed by atoms with Gasteiger partial charge in [0.05, 0.1) is 0 Å². The first-order valence-corrected chi connectivity index (χ1v) is 4.19. The second-order valence-corrected chi connectivity index (χ2v) is 2.71. The van der Waals surface area contributed by atoms with Crippen LogP contribution in [-0.2, 0) is 0 Å². The molecule has 0 aliphatic carbocycles. The van der Waals surface area contributed by atoms with Crippen molar-refractivity contribution in [2.75, 3.05) is 19.6 Å². The van der Waals surface area contributed by atoms with Gasteiger partial charge in [0.15, 0.2) is 0 Å². The normalized spacial score (nSPS) is 18.1. The number of nitrogens with one attached hydrogen (secondary N) is 1. The lowest BCUT2D eigenvalue weighted by Gasteiger charge is -2.26. The fraction of sp³-hybridized carbons (Fsp3) is 0.750. The molecule has 0 atom stereocenters. The number of hydrogen-bond donors (Lipinski definition) is 1. The minimum absolute atomic E-state index is 0.0726. The van der Waals surface area contributed by atoms with Gasteiger partial charge in [-0.3, -0.25) is 0 Å². The summed E-state index contributed by atoms with van der Waals surface area (Å²) in [5.74, 6) is 0. The molecule has 1 aliphatic rings. The standard InChI is InChI=1S/C8H15N2O/c1-2-9-8(11)10-6-4-3-5-7-10/h4H,2-3,5-7H2,1H3,(H,9,11). The molecule has 1 radical (unpaired) electrons. The molecule has 11 heavy (non-hydrogen) atoms. The van der Waals surface area contributed by atoms with Crippen LogP contribution in [0.5, 0.6) is 0 Å². The molecule has 3 heteroatoms. The fourth-order valence-electron chi connectivity index (χ4n) is 1.21. The van der Waals surface area contributed by atoms with Crippen LogP contribution in [0.4, 0.5) is 4.79 Å². The molecule has 1 fully saturated rings. The maximum Gasteiger partial charge on any atom is 0.317 e. The quantitative estimate of drug-likeness (QED) is 0.602. The number of nitrogens with zero attached hydrogens (tertiary/aromatic N) is 1. The van der Waals surface area contributed by atoms with Crippen LogP contribution in [0.3, 0.4) is 0 Å². The molecule has 0 aromatic heterocycles. The smallest absolute Gasteiger partial charge is 0.317 e. The van der Waals surface area contributed by atoms with Gasteiger partial charge >= 0.3 is 6.03 Å². The number of likely N-dealkylation sites (tertiary alicyclic amines) is 1. The van der Waals surface area contributed by atoms with Crippen LogP contribution >= 0.6 is 0 Å². The Hall–Kier alpha value is -0.730. The molecule has 1 rings (SSSR count). The summed E-state index contributed by atoms with van der Waals surface area (Å²) in [6.45, 7) is 4.37. The Labute approximate surface area is 67.8 Å². The molecule has 0 unspecified atom stereocenters. The van der Waals surface area contributed by atoms with Crippen molar-refractivity contribution in [3.05, 3.63) is 6.42 Å². The van der Waals surface area contributed by atoms with Crippen LogP contribution in [0.15, 0.2) is 0 Å². The number of hydrogen-bond acceptors (Lipinski definition) is 1. The summed E-state index contributed by atoms with van der Waals surface area (Å²) < 4.78 is 0. The van der Waals surface area contributed by atoms with Gasteiger partial charge in [-0.2, -0.15) is 0 Å². The van der Waals surface area contributed by atoms with E-state index in [4.69, 9.17) is 0 Å². The average molecular weight is 155 g/mol. The number of piperidine rings is 1. The van der Waals surface area contributed by atoms with Crippen LogP contribution < -0.4 is 5.32 Å². The predicted molar refractivity (Wildman–Crippen MR) is 44.2 cm³/mol. The summed E-state index contributed by atoms with van der Waals surface area (Å²) in [5, 5.41) is 2.78. The zero-order chi connectivity index (χ0) is 8.10. The molecule has 0 aromatic carbocycles. The number of urea groups is 1. The molecule has 3 nitrogen and oxygen atoms in total. The van der Waals surface area contributed by atoms with E-state index in [1.165, 1.54) is 0 Å². The molecule has 0 bridgehead atoms. The van der Waals surface area contributed by atoms with E-state index in [1.807, 2.05) is 11.8 Å². The van der Waals surface area contributed by atoms with E-state index < -0.39 is 0 Å². The second kappa shape index (κ2) is 4.21. The lowest BCUT2D eigenvalue weighted by molar-refractivity contribution is 0.196. The monoisotopic (exact) mass is 155 g/mol. The van der Waals surface area contributed by atoms with Crippen molar-refractivity contribution in [2.24, 2.45) is 0 Å². The minimum atomic E-state index is 0.0726. The average Bonchev–Trinajstić information content (AvgIpc) is 2.07. The SMILES string of the molecule is CCNC(=O)N1C[CH]CCC1. The van der Waals surface area contributed by atoms with Crippen LogP contribution in [0.1, 0.15) is 19.8 Å². The summed E-state index contributed by atoms with van der Waals surface area (Å²) >= 11 is 0. The Morgan fingerprint density at radius 1 is 1.73 bits per heavy atom. The molecule has 0 aromatic rings. The Morgan fingerprint density at radius 3 is 3.09 bits per heavy atom. The van der Waals surface area contributed by atoms with Crippen molar-refractivity contribution in [2.45, 2.75) is 19.8 Å². The highest BCUT2D eigenvalue weighted by Gasteiger charge is 2.14. The highest BCUT2D eigenvalue weighted by atomic mass is 16.2. The van der Waals surface area contributed by atoms with E-state index in [1.54, 1.807) is 0 Å². The third kappa shape index (κ3) is 2.41. The lowest BCUT2D eigenvalue weighted by atomic mass is 10.1. The third-order valence-electron chi connectivity index (χ3n) is 1.80. The van der Waals surface area contributed by atoms with Crippen molar-refractivity contribution < 1.29 is 4.79 Å². The van der Waals surface area contributed by atoms with E-state index in [9.17, 15) is 4.79 Å². The van der Waals surface area contributed by atoms with Crippen molar-refractivity contribution >= 4 is 6.03 Å². The molecule has 1 saturated heterocycles. The van der Waals surface area contributed by atoms with Gasteiger partial charge in [-0.05, 0) is 26.2 Å². The predicted octanol–water partition coefficient (Wildman–Crippen LogP) is 1.02. The Kier molecular flexibility index (Phi) is 3.20. The number of carbonyl (C=O) groups is 1. The zero-order valence-electron chi connectivity index (χ0n) is 6.97. The Morgan fingerprint density at radius 2 is 2.55 bits per heavy atom. The van der Waals surface area contributed by atoms with Crippen LogP contribution in [0, 0.1) is 6.42 Å². The molecule has 1 N–H and O–H groups in total. The molecule has 0 saturated carbocycles. The Balaban J connectivity index is 2.27. The van der Waals surface area contributed by atoms with Crippen molar-refractivity contribution in [3.8, 4) is 0 Å². The number of carbonyl (C=O) groups excluding carboxylic acids is 1. The van der Waals surface area contributed by atoms with E-state index in [0.717, 1.165) is 32.5 Å².